The van der Waals surface area contributed by atoms with Crippen molar-refractivity contribution in [3.8, 4) is 11.3 Å². The zero-order valence-corrected chi connectivity index (χ0v) is 14.1. The normalized spacial score (nSPS) is 17.6. The molecule has 1 aromatic carbocycles. The van der Waals surface area contributed by atoms with Crippen LogP contribution in [0, 0.1) is 13.3 Å². The minimum atomic E-state index is -5.02. The van der Waals surface area contributed by atoms with Crippen molar-refractivity contribution in [2.75, 3.05) is 12.3 Å². The first-order valence-corrected chi connectivity index (χ1v) is 8.13. The maximum Gasteiger partial charge on any atom is 0.423 e. The van der Waals surface area contributed by atoms with Crippen LogP contribution in [0.4, 0.5) is 19.0 Å². The van der Waals surface area contributed by atoms with Crippen LogP contribution in [0.5, 0.6) is 0 Å². The van der Waals surface area contributed by atoms with Crippen molar-refractivity contribution in [3.05, 3.63) is 47.6 Å². The topological polar surface area (TPSA) is 92.3 Å². The van der Waals surface area contributed by atoms with Crippen LogP contribution >= 0.6 is 0 Å². The van der Waals surface area contributed by atoms with Crippen molar-refractivity contribution in [1.29, 1.82) is 0 Å². The Kier molecular flexibility index (Phi) is 4.66. The van der Waals surface area contributed by atoms with Crippen molar-refractivity contribution >= 4 is 5.82 Å². The summed E-state index contributed by atoms with van der Waals surface area (Å²) in [4.78, 5) is 8.63. The average molecular weight is 366 g/mol. The molecule has 4 N–H and O–H groups in total. The van der Waals surface area contributed by atoms with Gasteiger partial charge in [-0.1, -0.05) is 12.1 Å². The largest absolute Gasteiger partial charge is 0.423 e. The predicted octanol–water partition coefficient (Wildman–Crippen LogP) is 2.86. The number of hydrogen-bond acceptors (Lipinski definition) is 5. The molecule has 0 amide bonds. The highest BCUT2D eigenvalue weighted by Gasteiger charge is 2.54. The van der Waals surface area contributed by atoms with Gasteiger partial charge in [0.25, 0.3) is 0 Å². The molecule has 1 unspecified atom stereocenters. The summed E-state index contributed by atoms with van der Waals surface area (Å²) in [7, 11) is 0. The van der Waals surface area contributed by atoms with Gasteiger partial charge in [-0.15, -0.1) is 0 Å². The van der Waals surface area contributed by atoms with Gasteiger partial charge in [-0.3, -0.25) is 0 Å². The van der Waals surface area contributed by atoms with Crippen molar-refractivity contribution < 1.29 is 23.4 Å². The third kappa shape index (κ3) is 3.03. The summed E-state index contributed by atoms with van der Waals surface area (Å²) in [6.45, 7) is 0.245. The van der Waals surface area contributed by atoms with Crippen LogP contribution < -0.4 is 5.73 Å². The number of aliphatic hydroxyl groups excluding tert-OH is 1. The summed E-state index contributed by atoms with van der Waals surface area (Å²) in [6.07, 6.45) is 0.140. The van der Waals surface area contributed by atoms with Gasteiger partial charge >= 0.3 is 6.18 Å². The summed E-state index contributed by atoms with van der Waals surface area (Å²) in [5, 5.41) is 19.2. The van der Waals surface area contributed by atoms with E-state index < -0.39 is 23.9 Å². The molecule has 1 aliphatic rings. The highest BCUT2D eigenvalue weighted by Crippen LogP contribution is 2.41. The number of aryl methyl sites for hydroxylation is 1. The van der Waals surface area contributed by atoms with Crippen molar-refractivity contribution in [2.24, 2.45) is 0 Å². The van der Waals surface area contributed by atoms with Gasteiger partial charge in [0.05, 0.1) is 24.2 Å². The Morgan fingerprint density at radius 1 is 1.27 bits per heavy atom. The summed E-state index contributed by atoms with van der Waals surface area (Å²) in [5.41, 5.74) is 4.16. The van der Waals surface area contributed by atoms with Crippen LogP contribution in [0.15, 0.2) is 24.4 Å². The first kappa shape index (κ1) is 18.6. The Balaban J connectivity index is 2.09. The van der Waals surface area contributed by atoms with Gasteiger partial charge in [-0.05, 0) is 43.4 Å². The zero-order chi connectivity index (χ0) is 19.1. The number of aliphatic hydroxyl groups is 2. The smallest absolute Gasteiger partial charge is 0.393 e. The molecule has 0 bridgehead atoms. The SMILES string of the molecule is Cc1ccc(C(O)(CO)C(F)(F)F)cc1-c1cnc(N)c(C2C[CH]C2)n1. The molecule has 26 heavy (non-hydrogen) atoms. The second-order valence-corrected chi connectivity index (χ2v) is 6.53. The lowest BCUT2D eigenvalue weighted by molar-refractivity contribution is -0.277. The van der Waals surface area contributed by atoms with E-state index in [0.717, 1.165) is 18.9 Å². The number of benzene rings is 1. The molecule has 3 rings (SSSR count). The van der Waals surface area contributed by atoms with Gasteiger partial charge in [-0.25, -0.2) is 9.97 Å². The minimum Gasteiger partial charge on any atom is -0.393 e. The Bertz CT molecular complexity index is 822. The fraction of sp³-hybridized carbons (Fsp3) is 0.389. The monoisotopic (exact) mass is 366 g/mol. The number of alkyl halides is 3. The van der Waals surface area contributed by atoms with E-state index in [1.54, 1.807) is 6.92 Å². The molecule has 1 heterocycles. The zero-order valence-electron chi connectivity index (χ0n) is 14.1. The van der Waals surface area contributed by atoms with Crippen LogP contribution in [-0.4, -0.2) is 33.0 Å². The molecule has 2 aromatic rings. The number of hydrogen-bond donors (Lipinski definition) is 3. The molecule has 0 aliphatic heterocycles. The first-order valence-electron chi connectivity index (χ1n) is 8.13. The van der Waals surface area contributed by atoms with E-state index in [4.69, 9.17) is 5.73 Å². The molecule has 0 saturated heterocycles. The Labute approximate surface area is 148 Å². The van der Waals surface area contributed by atoms with E-state index in [0.29, 0.717) is 28.3 Å². The molecule has 1 atom stereocenters. The van der Waals surface area contributed by atoms with E-state index in [2.05, 4.69) is 16.4 Å². The summed E-state index contributed by atoms with van der Waals surface area (Å²) in [5.74, 6) is 0.471. The number of anilines is 1. The van der Waals surface area contributed by atoms with E-state index in [-0.39, 0.29) is 5.92 Å². The third-order valence-corrected chi connectivity index (χ3v) is 4.81. The molecule has 1 saturated carbocycles. The highest BCUT2D eigenvalue weighted by atomic mass is 19.4. The molecule has 1 aromatic heterocycles. The molecule has 1 fully saturated rings. The molecule has 1 aliphatic carbocycles. The fourth-order valence-electron chi connectivity index (χ4n) is 2.90. The number of rotatable bonds is 4. The van der Waals surface area contributed by atoms with Gasteiger partial charge in [-0.2, -0.15) is 13.2 Å². The number of nitrogens with two attached hydrogens (primary N) is 1. The molecular weight excluding hydrogens is 347 g/mol. The van der Waals surface area contributed by atoms with Crippen molar-refractivity contribution in [2.45, 2.75) is 37.5 Å². The maximum absolute atomic E-state index is 13.2. The Morgan fingerprint density at radius 2 is 1.96 bits per heavy atom. The van der Waals surface area contributed by atoms with Crippen LogP contribution in [-0.2, 0) is 5.60 Å². The number of halogens is 3. The molecule has 0 spiro atoms. The highest BCUT2D eigenvalue weighted by molar-refractivity contribution is 5.65. The molecule has 139 valence electrons. The molecular formula is C18H19F3N3O2. The number of nitrogens with zero attached hydrogens (tertiary/aromatic N) is 2. The molecule has 5 nitrogen and oxygen atoms in total. The second kappa shape index (κ2) is 6.51. The van der Waals surface area contributed by atoms with Crippen molar-refractivity contribution in [3.63, 3.8) is 0 Å². The van der Waals surface area contributed by atoms with Gasteiger partial charge in [0.2, 0.25) is 5.60 Å². The standard InChI is InChI=1S/C18H19F3N3O2/c1-10-5-6-12(17(26,9-25)18(19,20)21)7-13(10)14-8-23-16(22)15(24-14)11-3-2-4-11/h2,5-8,11,25-26H,3-4,9H2,1H3,(H2,22,23). The van der Waals surface area contributed by atoms with Crippen LogP contribution in [0.1, 0.15) is 35.6 Å². The quantitative estimate of drug-likeness (QED) is 0.774. The third-order valence-electron chi connectivity index (χ3n) is 4.81. The lowest BCUT2D eigenvalue weighted by atomic mass is 9.82. The summed E-state index contributed by atoms with van der Waals surface area (Å²) < 4.78 is 39.7. The Morgan fingerprint density at radius 3 is 2.50 bits per heavy atom. The van der Waals surface area contributed by atoms with Crippen LogP contribution in [0.3, 0.4) is 0 Å². The summed E-state index contributed by atoms with van der Waals surface area (Å²) >= 11 is 0. The first-order chi connectivity index (χ1) is 12.2. The van der Waals surface area contributed by atoms with E-state index in [1.165, 1.54) is 18.3 Å². The molecule has 8 heteroatoms. The fourth-order valence-corrected chi connectivity index (χ4v) is 2.90. The Hall–Kier alpha value is -2.19. The predicted molar refractivity (Wildman–Crippen MR) is 89.9 cm³/mol. The molecule has 1 radical (unpaired) electrons. The van der Waals surface area contributed by atoms with Gasteiger partial charge in [0.15, 0.2) is 0 Å². The average Bonchev–Trinajstić information content (AvgIpc) is 2.54. The van der Waals surface area contributed by atoms with Gasteiger partial charge in [0.1, 0.15) is 5.82 Å². The lowest BCUT2D eigenvalue weighted by Crippen LogP contribution is -2.45. The summed E-state index contributed by atoms with van der Waals surface area (Å²) in [6, 6.07) is 3.79. The van der Waals surface area contributed by atoms with Gasteiger partial charge < -0.3 is 15.9 Å². The second-order valence-electron chi connectivity index (χ2n) is 6.53. The number of aromatic nitrogens is 2. The number of nitrogen functional groups attached to an aromatic ring is 1. The van der Waals surface area contributed by atoms with E-state index >= 15 is 0 Å². The van der Waals surface area contributed by atoms with E-state index in [9.17, 15) is 23.4 Å². The van der Waals surface area contributed by atoms with Crippen LogP contribution in [0.2, 0.25) is 0 Å². The van der Waals surface area contributed by atoms with E-state index in [1.807, 2.05) is 0 Å². The van der Waals surface area contributed by atoms with Gasteiger partial charge in [0, 0.05) is 11.5 Å². The van der Waals surface area contributed by atoms with Crippen LogP contribution in [0.25, 0.3) is 11.3 Å². The minimum absolute atomic E-state index is 0.162. The maximum atomic E-state index is 13.2. The van der Waals surface area contributed by atoms with Crippen molar-refractivity contribution in [1.82, 2.24) is 9.97 Å². The lowest BCUT2D eigenvalue weighted by Gasteiger charge is -2.29.